The van der Waals surface area contributed by atoms with Crippen LogP contribution in [0.15, 0.2) is 24.3 Å². The van der Waals surface area contributed by atoms with E-state index in [4.69, 9.17) is 0 Å². The van der Waals surface area contributed by atoms with Crippen LogP contribution < -0.4 is 5.32 Å². The zero-order valence-corrected chi connectivity index (χ0v) is 12.2. The molecule has 2 nitrogen and oxygen atoms in total. The molecule has 1 aliphatic heterocycles. The van der Waals surface area contributed by atoms with Crippen molar-refractivity contribution in [1.82, 2.24) is 10.2 Å². The highest BCUT2D eigenvalue weighted by Crippen LogP contribution is 2.15. The van der Waals surface area contributed by atoms with Crippen LogP contribution in [-0.2, 0) is 6.42 Å². The third kappa shape index (κ3) is 3.56. The summed E-state index contributed by atoms with van der Waals surface area (Å²) < 4.78 is 0. The lowest BCUT2D eigenvalue weighted by Gasteiger charge is -2.43. The molecule has 1 aromatic carbocycles. The first-order valence-corrected chi connectivity index (χ1v) is 7.01. The van der Waals surface area contributed by atoms with Gasteiger partial charge in [0.25, 0.3) is 0 Å². The maximum Gasteiger partial charge on any atom is 0.0252 e. The Morgan fingerprint density at radius 3 is 2.89 bits per heavy atom. The minimum Gasteiger partial charge on any atom is -0.309 e. The van der Waals surface area contributed by atoms with E-state index in [2.05, 4.69) is 62.2 Å². The maximum atomic E-state index is 3.60. The van der Waals surface area contributed by atoms with Crippen LogP contribution in [0.3, 0.4) is 0 Å². The van der Waals surface area contributed by atoms with Crippen molar-refractivity contribution >= 4 is 0 Å². The Morgan fingerprint density at radius 2 is 2.17 bits per heavy atom. The number of nitrogens with one attached hydrogen (secondary N) is 1. The average Bonchev–Trinajstić information content (AvgIpc) is 2.30. The van der Waals surface area contributed by atoms with Crippen LogP contribution in [0, 0.1) is 6.92 Å². The highest BCUT2D eigenvalue weighted by molar-refractivity contribution is 5.22. The van der Waals surface area contributed by atoms with Gasteiger partial charge in [-0.25, -0.2) is 0 Å². The van der Waals surface area contributed by atoms with Crippen molar-refractivity contribution in [3.63, 3.8) is 0 Å². The van der Waals surface area contributed by atoms with Crippen LogP contribution in [0.25, 0.3) is 0 Å². The Balaban J connectivity index is 1.92. The molecule has 0 saturated carbocycles. The Bertz CT molecular complexity index is 398. The maximum absolute atomic E-state index is 3.60. The third-order valence-corrected chi connectivity index (χ3v) is 3.87. The molecule has 0 spiro atoms. The van der Waals surface area contributed by atoms with E-state index < -0.39 is 0 Å². The summed E-state index contributed by atoms with van der Waals surface area (Å²) in [6.45, 7) is 12.5. The average molecular weight is 246 g/mol. The quantitative estimate of drug-likeness (QED) is 0.882. The lowest BCUT2D eigenvalue weighted by Crippen LogP contribution is -2.60. The van der Waals surface area contributed by atoms with Gasteiger partial charge in [-0.2, -0.15) is 0 Å². The fourth-order valence-corrected chi connectivity index (χ4v) is 2.71. The topological polar surface area (TPSA) is 15.3 Å². The van der Waals surface area contributed by atoms with Crippen molar-refractivity contribution in [3.8, 4) is 0 Å². The van der Waals surface area contributed by atoms with Gasteiger partial charge < -0.3 is 5.32 Å². The zero-order valence-electron chi connectivity index (χ0n) is 12.2. The monoisotopic (exact) mass is 246 g/mol. The van der Waals surface area contributed by atoms with E-state index in [1.54, 1.807) is 0 Å². The van der Waals surface area contributed by atoms with E-state index in [9.17, 15) is 0 Å². The molecule has 1 unspecified atom stereocenters. The van der Waals surface area contributed by atoms with E-state index >= 15 is 0 Å². The lowest BCUT2D eigenvalue weighted by molar-refractivity contribution is 0.106. The first kappa shape index (κ1) is 13.6. The van der Waals surface area contributed by atoms with Gasteiger partial charge in [0.1, 0.15) is 0 Å². The van der Waals surface area contributed by atoms with Crippen LogP contribution in [0.5, 0.6) is 0 Å². The number of hydrogen-bond donors (Lipinski definition) is 1. The Kier molecular flexibility index (Phi) is 4.08. The lowest BCUT2D eigenvalue weighted by atomic mass is 9.98. The second-order valence-corrected chi connectivity index (χ2v) is 6.32. The minimum absolute atomic E-state index is 0.249. The minimum atomic E-state index is 0.249. The van der Waals surface area contributed by atoms with Gasteiger partial charge in [0.15, 0.2) is 0 Å². The highest BCUT2D eigenvalue weighted by atomic mass is 15.2. The van der Waals surface area contributed by atoms with Crippen LogP contribution in [0.1, 0.15) is 31.9 Å². The van der Waals surface area contributed by atoms with Gasteiger partial charge in [-0.3, -0.25) is 4.90 Å². The number of hydrogen-bond acceptors (Lipinski definition) is 2. The van der Waals surface area contributed by atoms with Crippen molar-refractivity contribution in [2.75, 3.05) is 19.6 Å². The summed E-state index contributed by atoms with van der Waals surface area (Å²) in [5, 5.41) is 3.60. The number of rotatable bonds is 3. The summed E-state index contributed by atoms with van der Waals surface area (Å²) in [7, 11) is 0. The number of benzene rings is 1. The van der Waals surface area contributed by atoms with Gasteiger partial charge in [0.2, 0.25) is 0 Å². The van der Waals surface area contributed by atoms with Crippen LogP contribution in [0.2, 0.25) is 0 Å². The number of nitrogens with zero attached hydrogens (tertiary/aromatic N) is 1. The summed E-state index contributed by atoms with van der Waals surface area (Å²) >= 11 is 0. The van der Waals surface area contributed by atoms with E-state index in [0.717, 1.165) is 26.1 Å². The molecule has 1 N–H and O–H groups in total. The van der Waals surface area contributed by atoms with Crippen molar-refractivity contribution in [2.45, 2.75) is 45.7 Å². The molecular formula is C16H26N2. The summed E-state index contributed by atoms with van der Waals surface area (Å²) in [6.07, 6.45) is 1.15. The summed E-state index contributed by atoms with van der Waals surface area (Å²) in [4.78, 5) is 2.61. The van der Waals surface area contributed by atoms with Gasteiger partial charge in [0, 0.05) is 31.2 Å². The van der Waals surface area contributed by atoms with E-state index in [1.165, 1.54) is 11.1 Å². The fourth-order valence-electron chi connectivity index (χ4n) is 2.71. The standard InChI is InChI=1S/C16H26N2/c1-13-6-5-7-15(10-13)8-9-18-12-16(3,4)17-11-14(18)2/h5-7,10,14,17H,8-9,11-12H2,1-4H3. The molecule has 0 bridgehead atoms. The third-order valence-electron chi connectivity index (χ3n) is 3.87. The molecule has 1 atom stereocenters. The van der Waals surface area contributed by atoms with Crippen molar-refractivity contribution in [1.29, 1.82) is 0 Å². The first-order chi connectivity index (χ1) is 8.46. The first-order valence-electron chi connectivity index (χ1n) is 7.01. The van der Waals surface area contributed by atoms with Gasteiger partial charge in [-0.1, -0.05) is 29.8 Å². The molecule has 0 amide bonds. The van der Waals surface area contributed by atoms with Crippen LogP contribution in [0.4, 0.5) is 0 Å². The molecule has 1 fully saturated rings. The summed E-state index contributed by atoms with van der Waals surface area (Å²) in [5.41, 5.74) is 3.07. The molecule has 1 saturated heterocycles. The highest BCUT2D eigenvalue weighted by Gasteiger charge is 2.29. The molecule has 2 heteroatoms. The second kappa shape index (κ2) is 5.41. The van der Waals surface area contributed by atoms with Crippen molar-refractivity contribution < 1.29 is 0 Å². The second-order valence-electron chi connectivity index (χ2n) is 6.32. The number of aryl methyl sites for hydroxylation is 1. The molecule has 1 aliphatic rings. The summed E-state index contributed by atoms with van der Waals surface area (Å²) in [6, 6.07) is 9.52. The SMILES string of the molecule is Cc1cccc(CCN2CC(C)(C)NCC2C)c1. The Morgan fingerprint density at radius 1 is 1.39 bits per heavy atom. The predicted octanol–water partition coefficient (Wildman–Crippen LogP) is 2.61. The molecule has 0 aromatic heterocycles. The predicted molar refractivity (Wildman–Crippen MR) is 78.0 cm³/mol. The smallest absolute Gasteiger partial charge is 0.0252 e. The molecule has 1 aromatic rings. The molecule has 0 radical (unpaired) electrons. The van der Waals surface area contributed by atoms with Gasteiger partial charge in [-0.15, -0.1) is 0 Å². The molecule has 2 rings (SSSR count). The molecular weight excluding hydrogens is 220 g/mol. The van der Waals surface area contributed by atoms with Crippen molar-refractivity contribution in [3.05, 3.63) is 35.4 Å². The molecule has 1 heterocycles. The van der Waals surface area contributed by atoms with Gasteiger partial charge in [0.05, 0.1) is 0 Å². The van der Waals surface area contributed by atoms with Crippen LogP contribution >= 0.6 is 0 Å². The van der Waals surface area contributed by atoms with E-state index in [0.29, 0.717) is 6.04 Å². The summed E-state index contributed by atoms with van der Waals surface area (Å²) in [5.74, 6) is 0. The van der Waals surface area contributed by atoms with Crippen LogP contribution in [-0.4, -0.2) is 36.1 Å². The van der Waals surface area contributed by atoms with Gasteiger partial charge >= 0.3 is 0 Å². The van der Waals surface area contributed by atoms with Crippen molar-refractivity contribution in [2.24, 2.45) is 0 Å². The van der Waals surface area contributed by atoms with Gasteiger partial charge in [-0.05, 0) is 39.7 Å². The normalized spacial score (nSPS) is 24.1. The van der Waals surface area contributed by atoms with E-state index in [-0.39, 0.29) is 5.54 Å². The molecule has 18 heavy (non-hydrogen) atoms. The Hall–Kier alpha value is -0.860. The largest absolute Gasteiger partial charge is 0.309 e. The Labute approximate surface area is 111 Å². The zero-order chi connectivity index (χ0) is 13.2. The molecule has 0 aliphatic carbocycles. The molecule has 100 valence electrons. The fraction of sp³-hybridized carbons (Fsp3) is 0.625. The number of piperazine rings is 1. The van der Waals surface area contributed by atoms with E-state index in [1.807, 2.05) is 0 Å².